The number of H-pyrrole nitrogens is 1. The van der Waals surface area contributed by atoms with Crippen LogP contribution in [0.2, 0.25) is 0 Å². The van der Waals surface area contributed by atoms with E-state index in [9.17, 15) is 0 Å². The monoisotopic (exact) mass is 319 g/mol. The molecule has 0 radical (unpaired) electrons. The molecule has 0 amide bonds. The predicted octanol–water partition coefficient (Wildman–Crippen LogP) is 4.47. The highest BCUT2D eigenvalue weighted by Gasteiger charge is 2.18. The van der Waals surface area contributed by atoms with Crippen LogP contribution >= 0.6 is 15.9 Å². The third kappa shape index (κ3) is 2.68. The summed E-state index contributed by atoms with van der Waals surface area (Å²) in [7, 11) is 0. The zero-order valence-electron chi connectivity index (χ0n) is 10.8. The summed E-state index contributed by atoms with van der Waals surface area (Å²) in [6, 6.07) is 8.42. The van der Waals surface area contributed by atoms with Crippen molar-refractivity contribution in [2.24, 2.45) is 0 Å². The van der Waals surface area contributed by atoms with Gasteiger partial charge in [-0.2, -0.15) is 5.10 Å². The molecule has 100 valence electrons. The number of aromatic nitrogens is 2. The Morgan fingerprint density at radius 3 is 2.58 bits per heavy atom. The first-order valence-electron chi connectivity index (χ1n) is 6.85. The molecule has 1 saturated carbocycles. The molecule has 19 heavy (non-hydrogen) atoms. The number of hydrogen-bond donors (Lipinski definition) is 2. The van der Waals surface area contributed by atoms with Crippen LogP contribution in [0.15, 0.2) is 28.7 Å². The van der Waals surface area contributed by atoms with Crippen LogP contribution in [-0.4, -0.2) is 10.2 Å². The number of aromatic amines is 1. The molecule has 1 heterocycles. The highest BCUT2D eigenvalue weighted by molar-refractivity contribution is 9.10. The number of nitrogens with zero attached hydrogens (tertiary/aromatic N) is 1. The minimum absolute atomic E-state index is 0.530. The van der Waals surface area contributed by atoms with Crippen molar-refractivity contribution in [2.45, 2.75) is 38.0 Å². The van der Waals surface area contributed by atoms with Gasteiger partial charge in [-0.05, 0) is 30.4 Å². The first-order valence-corrected chi connectivity index (χ1v) is 7.64. The molecule has 0 atom stereocenters. The molecule has 0 unspecified atom stereocenters. The zero-order valence-corrected chi connectivity index (χ0v) is 12.4. The number of halogens is 1. The summed E-state index contributed by atoms with van der Waals surface area (Å²) in [6.07, 6.45) is 6.73. The SMILES string of the molecule is Nc1cc(-c2ccc(C3CCCCC3)c(Br)c2)[nH]n1. The van der Waals surface area contributed by atoms with Gasteiger partial charge in [-0.25, -0.2) is 0 Å². The molecule has 0 aliphatic heterocycles. The van der Waals surface area contributed by atoms with Crippen LogP contribution in [0.1, 0.15) is 43.6 Å². The van der Waals surface area contributed by atoms with Gasteiger partial charge in [0.1, 0.15) is 5.82 Å². The Kier molecular flexibility index (Phi) is 3.60. The summed E-state index contributed by atoms with van der Waals surface area (Å²) >= 11 is 3.72. The van der Waals surface area contributed by atoms with Crippen molar-refractivity contribution in [3.05, 3.63) is 34.3 Å². The number of nitrogens with two attached hydrogens (primary N) is 1. The van der Waals surface area contributed by atoms with Gasteiger partial charge in [0.25, 0.3) is 0 Å². The maximum Gasteiger partial charge on any atom is 0.145 e. The Bertz CT molecular complexity index is 571. The average molecular weight is 320 g/mol. The average Bonchev–Trinajstić information content (AvgIpc) is 2.86. The van der Waals surface area contributed by atoms with E-state index in [0.29, 0.717) is 11.7 Å². The lowest BCUT2D eigenvalue weighted by Crippen LogP contribution is -2.05. The third-order valence-electron chi connectivity index (χ3n) is 3.95. The van der Waals surface area contributed by atoms with Gasteiger partial charge in [-0.1, -0.05) is 47.3 Å². The standard InChI is InChI=1S/C15H18BrN3/c16-13-8-11(14-9-15(17)19-18-14)6-7-12(13)10-4-2-1-3-5-10/h6-10H,1-5H2,(H3,17,18,19). The van der Waals surface area contributed by atoms with Crippen molar-refractivity contribution in [2.75, 3.05) is 5.73 Å². The van der Waals surface area contributed by atoms with E-state index < -0.39 is 0 Å². The van der Waals surface area contributed by atoms with Gasteiger partial charge < -0.3 is 5.73 Å². The van der Waals surface area contributed by atoms with Gasteiger partial charge in [-0.15, -0.1) is 0 Å². The Morgan fingerprint density at radius 2 is 1.95 bits per heavy atom. The lowest BCUT2D eigenvalue weighted by molar-refractivity contribution is 0.442. The molecular weight excluding hydrogens is 302 g/mol. The largest absolute Gasteiger partial charge is 0.382 e. The van der Waals surface area contributed by atoms with E-state index in [2.05, 4.69) is 44.3 Å². The van der Waals surface area contributed by atoms with Crippen LogP contribution in [0, 0.1) is 0 Å². The Morgan fingerprint density at radius 1 is 1.16 bits per heavy atom. The van der Waals surface area contributed by atoms with E-state index in [4.69, 9.17) is 5.73 Å². The maximum absolute atomic E-state index is 5.65. The zero-order chi connectivity index (χ0) is 13.2. The van der Waals surface area contributed by atoms with Gasteiger partial charge in [0.2, 0.25) is 0 Å². The van der Waals surface area contributed by atoms with Crippen molar-refractivity contribution < 1.29 is 0 Å². The molecule has 0 spiro atoms. The third-order valence-corrected chi connectivity index (χ3v) is 4.64. The molecule has 1 aromatic heterocycles. The molecule has 0 saturated heterocycles. The number of hydrogen-bond acceptors (Lipinski definition) is 2. The van der Waals surface area contributed by atoms with Crippen LogP contribution in [-0.2, 0) is 0 Å². The van der Waals surface area contributed by atoms with Gasteiger partial charge >= 0.3 is 0 Å². The molecule has 0 bridgehead atoms. The molecule has 1 aliphatic rings. The first-order chi connectivity index (χ1) is 9.24. The number of benzene rings is 1. The molecule has 2 aromatic rings. The lowest BCUT2D eigenvalue weighted by atomic mass is 9.84. The second-order valence-corrected chi connectivity index (χ2v) is 6.13. The van der Waals surface area contributed by atoms with E-state index in [1.807, 2.05) is 6.07 Å². The normalized spacial score (nSPS) is 16.7. The Balaban J connectivity index is 1.89. The van der Waals surface area contributed by atoms with E-state index in [1.54, 1.807) is 0 Å². The lowest BCUT2D eigenvalue weighted by Gasteiger charge is -2.23. The van der Waals surface area contributed by atoms with Gasteiger partial charge in [0.15, 0.2) is 0 Å². The highest BCUT2D eigenvalue weighted by Crippen LogP contribution is 2.37. The van der Waals surface area contributed by atoms with Crippen LogP contribution < -0.4 is 5.73 Å². The molecule has 3 nitrogen and oxygen atoms in total. The summed E-state index contributed by atoms with van der Waals surface area (Å²) in [4.78, 5) is 0. The molecule has 3 N–H and O–H groups in total. The van der Waals surface area contributed by atoms with Gasteiger partial charge in [-0.3, -0.25) is 5.10 Å². The van der Waals surface area contributed by atoms with Gasteiger partial charge in [0, 0.05) is 16.1 Å². The van der Waals surface area contributed by atoms with E-state index in [1.165, 1.54) is 42.1 Å². The van der Waals surface area contributed by atoms with Crippen LogP contribution in [0.4, 0.5) is 5.82 Å². The number of anilines is 1. The predicted molar refractivity (Wildman–Crippen MR) is 82.0 cm³/mol. The fourth-order valence-corrected chi connectivity index (χ4v) is 3.63. The highest BCUT2D eigenvalue weighted by atomic mass is 79.9. The van der Waals surface area contributed by atoms with Crippen molar-refractivity contribution in [1.82, 2.24) is 10.2 Å². The summed E-state index contributed by atoms with van der Waals surface area (Å²) < 4.78 is 1.20. The van der Waals surface area contributed by atoms with Gasteiger partial charge in [0.05, 0.1) is 5.69 Å². The summed E-state index contributed by atoms with van der Waals surface area (Å²) in [5, 5.41) is 6.92. The quantitative estimate of drug-likeness (QED) is 0.858. The minimum atomic E-state index is 0.530. The summed E-state index contributed by atoms with van der Waals surface area (Å²) in [5.74, 6) is 1.24. The minimum Gasteiger partial charge on any atom is -0.382 e. The molecule has 1 aromatic carbocycles. The van der Waals surface area contributed by atoms with Crippen molar-refractivity contribution in [1.29, 1.82) is 0 Å². The van der Waals surface area contributed by atoms with Crippen LogP contribution in [0.25, 0.3) is 11.3 Å². The number of nitrogens with one attached hydrogen (secondary N) is 1. The molecule has 3 rings (SSSR count). The van der Waals surface area contributed by atoms with Crippen LogP contribution in [0.5, 0.6) is 0 Å². The molecule has 4 heteroatoms. The Labute approximate surface area is 121 Å². The van der Waals surface area contributed by atoms with Crippen molar-refractivity contribution >= 4 is 21.7 Å². The van der Waals surface area contributed by atoms with Crippen molar-refractivity contribution in [3.8, 4) is 11.3 Å². The van der Waals surface area contributed by atoms with E-state index >= 15 is 0 Å². The topological polar surface area (TPSA) is 54.7 Å². The molecule has 1 fully saturated rings. The Hall–Kier alpha value is -1.29. The maximum atomic E-state index is 5.65. The second kappa shape index (κ2) is 5.37. The van der Waals surface area contributed by atoms with E-state index in [-0.39, 0.29) is 0 Å². The second-order valence-electron chi connectivity index (χ2n) is 5.28. The van der Waals surface area contributed by atoms with Crippen LogP contribution in [0.3, 0.4) is 0 Å². The first kappa shape index (κ1) is 12.7. The fraction of sp³-hybridized carbons (Fsp3) is 0.400. The van der Waals surface area contributed by atoms with E-state index in [0.717, 1.165) is 11.3 Å². The summed E-state index contributed by atoms with van der Waals surface area (Å²) in [6.45, 7) is 0. The fourth-order valence-electron chi connectivity index (χ4n) is 2.92. The summed E-state index contributed by atoms with van der Waals surface area (Å²) in [5.41, 5.74) is 9.17. The smallest absolute Gasteiger partial charge is 0.145 e. The molecular formula is C15H18BrN3. The molecule has 1 aliphatic carbocycles. The number of rotatable bonds is 2. The van der Waals surface area contributed by atoms with Crippen molar-refractivity contribution in [3.63, 3.8) is 0 Å². The number of nitrogen functional groups attached to an aromatic ring is 1.